The molecule has 0 aromatic heterocycles. The van der Waals surface area contributed by atoms with E-state index in [1.807, 2.05) is 23.9 Å². The molecule has 0 bridgehead atoms. The number of anilines is 1. The van der Waals surface area contributed by atoms with Gasteiger partial charge in [-0.1, -0.05) is 15.9 Å². The summed E-state index contributed by atoms with van der Waals surface area (Å²) in [4.78, 5) is 12.9. The third-order valence-electron chi connectivity index (χ3n) is 2.99. The van der Waals surface area contributed by atoms with Gasteiger partial charge in [-0.05, 0) is 24.3 Å². The van der Waals surface area contributed by atoms with Crippen molar-refractivity contribution < 1.29 is 4.92 Å². The highest BCUT2D eigenvalue weighted by Gasteiger charge is 2.16. The predicted molar refractivity (Wildman–Crippen MR) is 79.9 cm³/mol. The van der Waals surface area contributed by atoms with E-state index in [9.17, 15) is 10.1 Å². The lowest BCUT2D eigenvalue weighted by atomic mass is 10.1. The van der Waals surface area contributed by atoms with Gasteiger partial charge >= 0.3 is 0 Å². The molecule has 1 saturated heterocycles. The zero-order valence-corrected chi connectivity index (χ0v) is 12.4. The van der Waals surface area contributed by atoms with Crippen molar-refractivity contribution in [2.24, 2.45) is 0 Å². The van der Waals surface area contributed by atoms with Crippen molar-refractivity contribution in [2.75, 3.05) is 29.5 Å². The molecule has 1 fully saturated rings. The monoisotopic (exact) mass is 330 g/mol. The van der Waals surface area contributed by atoms with E-state index in [-0.39, 0.29) is 10.6 Å². The van der Waals surface area contributed by atoms with Crippen LogP contribution in [0.3, 0.4) is 0 Å². The average molecular weight is 331 g/mol. The van der Waals surface area contributed by atoms with Crippen molar-refractivity contribution in [1.29, 1.82) is 0 Å². The van der Waals surface area contributed by atoms with Crippen LogP contribution in [0.25, 0.3) is 0 Å². The van der Waals surface area contributed by atoms with E-state index in [4.69, 9.17) is 0 Å². The van der Waals surface area contributed by atoms with E-state index in [0.29, 0.717) is 5.33 Å². The molecule has 0 radical (unpaired) electrons. The van der Waals surface area contributed by atoms with Gasteiger partial charge in [0.2, 0.25) is 0 Å². The first-order valence-electron chi connectivity index (χ1n) is 5.88. The number of nitrogens with zero attached hydrogens (tertiary/aromatic N) is 2. The summed E-state index contributed by atoms with van der Waals surface area (Å²) in [6, 6.07) is 5.41. The number of halogens is 1. The molecular weight excluding hydrogens is 316 g/mol. The van der Waals surface area contributed by atoms with Crippen LogP contribution in [-0.4, -0.2) is 29.5 Å². The Morgan fingerprint density at radius 1 is 1.39 bits per heavy atom. The SMILES string of the molecule is O=[N+]([O-])c1ccc(N2CCCSCC2)cc1CBr. The van der Waals surface area contributed by atoms with Crippen LogP contribution in [0, 0.1) is 10.1 Å². The maximum Gasteiger partial charge on any atom is 0.273 e. The van der Waals surface area contributed by atoms with Crippen LogP contribution in [0.15, 0.2) is 18.2 Å². The lowest BCUT2D eigenvalue weighted by Gasteiger charge is -2.22. The second kappa shape index (κ2) is 6.43. The van der Waals surface area contributed by atoms with E-state index >= 15 is 0 Å². The Labute approximate surface area is 119 Å². The van der Waals surface area contributed by atoms with E-state index in [0.717, 1.165) is 30.1 Å². The van der Waals surface area contributed by atoms with E-state index in [1.54, 1.807) is 6.07 Å². The molecule has 98 valence electrons. The zero-order chi connectivity index (χ0) is 13.0. The smallest absolute Gasteiger partial charge is 0.273 e. The maximum atomic E-state index is 10.9. The first-order valence-corrected chi connectivity index (χ1v) is 8.16. The number of hydrogen-bond donors (Lipinski definition) is 0. The molecule has 4 nitrogen and oxygen atoms in total. The number of nitro groups is 1. The predicted octanol–water partition coefficient (Wildman–Crippen LogP) is 3.43. The molecule has 0 atom stereocenters. The zero-order valence-electron chi connectivity index (χ0n) is 9.97. The van der Waals surface area contributed by atoms with E-state index < -0.39 is 0 Å². The number of benzene rings is 1. The highest BCUT2D eigenvalue weighted by Crippen LogP contribution is 2.28. The summed E-state index contributed by atoms with van der Waals surface area (Å²) in [5.41, 5.74) is 2.03. The molecule has 2 rings (SSSR count). The molecule has 18 heavy (non-hydrogen) atoms. The van der Waals surface area contributed by atoms with Gasteiger partial charge in [0.15, 0.2) is 0 Å². The van der Waals surface area contributed by atoms with Gasteiger partial charge in [-0.15, -0.1) is 0 Å². The largest absolute Gasteiger partial charge is 0.371 e. The first kappa shape index (κ1) is 13.7. The topological polar surface area (TPSA) is 46.4 Å². The Hall–Kier alpha value is -0.750. The van der Waals surface area contributed by atoms with Gasteiger partial charge in [0.25, 0.3) is 5.69 Å². The van der Waals surface area contributed by atoms with E-state index in [2.05, 4.69) is 20.8 Å². The molecule has 1 heterocycles. The lowest BCUT2D eigenvalue weighted by molar-refractivity contribution is -0.385. The average Bonchev–Trinajstić information content (AvgIpc) is 2.66. The Kier molecular flexibility index (Phi) is 4.88. The quantitative estimate of drug-likeness (QED) is 0.484. The summed E-state index contributed by atoms with van der Waals surface area (Å²) in [6.45, 7) is 2.05. The summed E-state index contributed by atoms with van der Waals surface area (Å²) in [7, 11) is 0. The van der Waals surface area contributed by atoms with Crippen LogP contribution in [0.5, 0.6) is 0 Å². The van der Waals surface area contributed by atoms with Crippen LogP contribution in [0.4, 0.5) is 11.4 Å². The van der Waals surface area contributed by atoms with Crippen LogP contribution >= 0.6 is 27.7 Å². The molecule has 1 aromatic rings. The molecular formula is C12H15BrN2O2S. The number of nitro benzene ring substituents is 1. The Balaban J connectivity index is 2.25. The number of alkyl halides is 1. The summed E-state index contributed by atoms with van der Waals surface area (Å²) >= 11 is 5.30. The number of thioether (sulfide) groups is 1. The fraction of sp³-hybridized carbons (Fsp3) is 0.500. The third-order valence-corrected chi connectivity index (χ3v) is 4.64. The van der Waals surface area contributed by atoms with Crippen LogP contribution in [0.1, 0.15) is 12.0 Å². The summed E-state index contributed by atoms with van der Waals surface area (Å²) < 4.78 is 0. The minimum atomic E-state index is -0.321. The molecule has 1 aliphatic heterocycles. The minimum absolute atomic E-state index is 0.194. The molecule has 0 N–H and O–H groups in total. The van der Waals surface area contributed by atoms with Crippen molar-refractivity contribution in [2.45, 2.75) is 11.8 Å². The summed E-state index contributed by atoms with van der Waals surface area (Å²) in [5.74, 6) is 2.33. The van der Waals surface area contributed by atoms with Crippen molar-refractivity contribution >= 4 is 39.1 Å². The van der Waals surface area contributed by atoms with Gasteiger partial charge in [0.05, 0.1) is 4.92 Å². The summed E-state index contributed by atoms with van der Waals surface area (Å²) in [6.07, 6.45) is 1.17. The van der Waals surface area contributed by atoms with Gasteiger partial charge in [0, 0.05) is 41.5 Å². The third kappa shape index (κ3) is 3.17. The Morgan fingerprint density at radius 3 is 2.94 bits per heavy atom. The van der Waals surface area contributed by atoms with Crippen LogP contribution in [0.2, 0.25) is 0 Å². The van der Waals surface area contributed by atoms with Crippen molar-refractivity contribution in [1.82, 2.24) is 0 Å². The van der Waals surface area contributed by atoms with Gasteiger partial charge < -0.3 is 4.90 Å². The molecule has 0 amide bonds. The van der Waals surface area contributed by atoms with Gasteiger partial charge in [-0.25, -0.2) is 0 Å². The van der Waals surface area contributed by atoms with Crippen LogP contribution in [-0.2, 0) is 5.33 Å². The Morgan fingerprint density at radius 2 is 2.22 bits per heavy atom. The second-order valence-corrected chi connectivity index (χ2v) is 5.94. The molecule has 0 unspecified atom stereocenters. The highest BCUT2D eigenvalue weighted by atomic mass is 79.9. The second-order valence-electron chi connectivity index (χ2n) is 4.16. The first-order chi connectivity index (χ1) is 8.72. The standard InChI is InChI=1S/C12H15BrN2O2S/c13-9-10-8-11(2-3-12(10)15(16)17)14-4-1-6-18-7-5-14/h2-3,8H,1,4-7,9H2. The van der Waals surface area contributed by atoms with Gasteiger partial charge in [0.1, 0.15) is 0 Å². The van der Waals surface area contributed by atoms with Crippen molar-refractivity contribution in [3.05, 3.63) is 33.9 Å². The van der Waals surface area contributed by atoms with Gasteiger partial charge in [-0.2, -0.15) is 11.8 Å². The van der Waals surface area contributed by atoms with Gasteiger partial charge in [-0.3, -0.25) is 10.1 Å². The van der Waals surface area contributed by atoms with E-state index in [1.165, 1.54) is 12.2 Å². The maximum absolute atomic E-state index is 10.9. The molecule has 0 spiro atoms. The highest BCUT2D eigenvalue weighted by molar-refractivity contribution is 9.08. The number of hydrogen-bond acceptors (Lipinski definition) is 4. The molecule has 0 aliphatic carbocycles. The lowest BCUT2D eigenvalue weighted by Crippen LogP contribution is -2.25. The fourth-order valence-corrected chi connectivity index (χ4v) is 3.39. The molecule has 0 saturated carbocycles. The normalized spacial score (nSPS) is 16.4. The van der Waals surface area contributed by atoms with Crippen LogP contribution < -0.4 is 4.90 Å². The van der Waals surface area contributed by atoms with Crippen molar-refractivity contribution in [3.8, 4) is 0 Å². The number of rotatable bonds is 3. The van der Waals surface area contributed by atoms with Crippen molar-refractivity contribution in [3.63, 3.8) is 0 Å². The fourth-order valence-electron chi connectivity index (χ4n) is 2.06. The molecule has 1 aliphatic rings. The minimum Gasteiger partial charge on any atom is -0.371 e. The Bertz CT molecular complexity index is 434. The molecule has 1 aromatic carbocycles. The summed E-state index contributed by atoms with van der Waals surface area (Å²) in [5, 5.41) is 11.4. The molecule has 6 heteroatoms.